The number of aliphatic carboxylic acids is 1. The average Bonchev–Trinajstić information content (AvgIpc) is 2.41. The van der Waals surface area contributed by atoms with E-state index in [-0.39, 0.29) is 6.42 Å². The summed E-state index contributed by atoms with van der Waals surface area (Å²) in [5.74, 6) is -0.248. The summed E-state index contributed by atoms with van der Waals surface area (Å²) in [5.41, 5.74) is 1.21. The first-order chi connectivity index (χ1) is 9.49. The summed E-state index contributed by atoms with van der Waals surface area (Å²) in [6.07, 6.45) is -0.0406. The molecule has 0 bridgehead atoms. The van der Waals surface area contributed by atoms with Crippen molar-refractivity contribution in [1.29, 1.82) is 0 Å². The Morgan fingerprint density at radius 2 is 1.65 bits per heavy atom. The van der Waals surface area contributed by atoms with Crippen LogP contribution in [0.3, 0.4) is 0 Å². The summed E-state index contributed by atoms with van der Waals surface area (Å²) >= 11 is 0. The van der Waals surface area contributed by atoms with E-state index in [2.05, 4.69) is 0 Å². The molecule has 0 atom stereocenters. The van der Waals surface area contributed by atoms with Gasteiger partial charge in [-0.2, -0.15) is 0 Å². The van der Waals surface area contributed by atoms with Crippen LogP contribution < -0.4 is 4.74 Å². The van der Waals surface area contributed by atoms with Crippen molar-refractivity contribution < 1.29 is 14.6 Å². The molecule has 0 aliphatic carbocycles. The Morgan fingerprint density at radius 1 is 1.05 bits per heavy atom. The summed E-state index contributed by atoms with van der Waals surface area (Å²) in [6, 6.07) is 17.1. The smallest absolute Gasteiger partial charge is 0.307 e. The maximum Gasteiger partial charge on any atom is 0.307 e. The van der Waals surface area contributed by atoms with E-state index in [4.69, 9.17) is 9.84 Å². The molecule has 0 fully saturated rings. The minimum absolute atomic E-state index is 0.0406. The third-order valence-corrected chi connectivity index (χ3v) is 3.15. The molecule has 0 spiro atoms. The van der Waals surface area contributed by atoms with Crippen LogP contribution in [0.25, 0.3) is 0 Å². The van der Waals surface area contributed by atoms with Gasteiger partial charge in [0.1, 0.15) is 11.4 Å². The molecule has 3 nitrogen and oxygen atoms in total. The molecule has 0 unspecified atom stereocenters. The molecule has 2 aromatic rings. The zero-order chi connectivity index (χ0) is 14.6. The van der Waals surface area contributed by atoms with Gasteiger partial charge in [0.15, 0.2) is 0 Å². The van der Waals surface area contributed by atoms with E-state index in [1.54, 1.807) is 6.07 Å². The van der Waals surface area contributed by atoms with Gasteiger partial charge < -0.3 is 9.84 Å². The largest absolute Gasteiger partial charge is 0.483 e. The normalized spacial score (nSPS) is 11.1. The van der Waals surface area contributed by atoms with Crippen LogP contribution in [0.2, 0.25) is 0 Å². The highest BCUT2D eigenvalue weighted by Crippen LogP contribution is 2.30. The number of carbonyl (C=O) groups is 1. The van der Waals surface area contributed by atoms with Gasteiger partial charge in [0.25, 0.3) is 0 Å². The molecule has 0 saturated heterocycles. The maximum absolute atomic E-state index is 10.9. The van der Waals surface area contributed by atoms with Crippen LogP contribution in [0, 0.1) is 0 Å². The van der Waals surface area contributed by atoms with Crippen LogP contribution in [0.4, 0.5) is 0 Å². The molecule has 0 heterocycles. The Labute approximate surface area is 118 Å². The lowest BCUT2D eigenvalue weighted by Crippen LogP contribution is -2.25. The SMILES string of the molecule is CC(C)(Oc1ccccc1CC(=O)O)c1ccccc1. The molecule has 2 aromatic carbocycles. The van der Waals surface area contributed by atoms with Crippen LogP contribution in [-0.4, -0.2) is 11.1 Å². The predicted octanol–water partition coefficient (Wildman–Crippen LogP) is 3.63. The van der Waals surface area contributed by atoms with E-state index in [9.17, 15) is 4.79 Å². The van der Waals surface area contributed by atoms with Crippen molar-refractivity contribution in [2.45, 2.75) is 25.9 Å². The van der Waals surface area contributed by atoms with Gasteiger partial charge in [0.05, 0.1) is 6.42 Å². The fourth-order valence-electron chi connectivity index (χ4n) is 2.09. The molecule has 0 radical (unpaired) electrons. The molecule has 0 saturated carbocycles. The number of hydrogen-bond donors (Lipinski definition) is 1. The molecule has 20 heavy (non-hydrogen) atoms. The van der Waals surface area contributed by atoms with Crippen molar-refractivity contribution in [2.75, 3.05) is 0 Å². The topological polar surface area (TPSA) is 46.5 Å². The van der Waals surface area contributed by atoms with E-state index in [1.807, 2.05) is 62.4 Å². The quantitative estimate of drug-likeness (QED) is 0.902. The molecule has 104 valence electrons. The first-order valence-corrected chi connectivity index (χ1v) is 6.53. The number of hydrogen-bond acceptors (Lipinski definition) is 2. The molecule has 0 aromatic heterocycles. The summed E-state index contributed by atoms with van der Waals surface area (Å²) in [5, 5.41) is 8.95. The summed E-state index contributed by atoms with van der Waals surface area (Å²) in [7, 11) is 0. The standard InChI is InChI=1S/C17H18O3/c1-17(2,14-9-4-3-5-10-14)20-15-11-7-6-8-13(15)12-16(18)19/h3-11H,12H2,1-2H3,(H,18,19). The Morgan fingerprint density at radius 3 is 2.30 bits per heavy atom. The Hall–Kier alpha value is -2.29. The molecule has 0 aliphatic rings. The summed E-state index contributed by atoms with van der Waals surface area (Å²) in [4.78, 5) is 10.9. The van der Waals surface area contributed by atoms with Gasteiger partial charge in [-0.15, -0.1) is 0 Å². The van der Waals surface area contributed by atoms with E-state index in [0.29, 0.717) is 11.3 Å². The predicted molar refractivity (Wildman–Crippen MR) is 77.9 cm³/mol. The minimum Gasteiger partial charge on any atom is -0.483 e. The van der Waals surface area contributed by atoms with Crippen LogP contribution in [0.15, 0.2) is 54.6 Å². The highest BCUT2D eigenvalue weighted by Gasteiger charge is 2.23. The van der Waals surface area contributed by atoms with Crippen LogP contribution in [0.1, 0.15) is 25.0 Å². The van der Waals surface area contributed by atoms with E-state index in [1.165, 1.54) is 0 Å². The summed E-state index contributed by atoms with van der Waals surface area (Å²) in [6.45, 7) is 3.94. The van der Waals surface area contributed by atoms with Crippen molar-refractivity contribution >= 4 is 5.97 Å². The number of ether oxygens (including phenoxy) is 1. The second-order valence-corrected chi connectivity index (χ2v) is 5.16. The van der Waals surface area contributed by atoms with Gasteiger partial charge in [-0.3, -0.25) is 4.79 Å². The molecular weight excluding hydrogens is 252 g/mol. The molecule has 1 N–H and O–H groups in total. The van der Waals surface area contributed by atoms with Gasteiger partial charge in [-0.05, 0) is 25.5 Å². The second kappa shape index (κ2) is 5.78. The molecule has 2 rings (SSSR count). The van der Waals surface area contributed by atoms with E-state index >= 15 is 0 Å². The molecular formula is C17H18O3. The third kappa shape index (κ3) is 3.38. The highest BCUT2D eigenvalue weighted by molar-refractivity contribution is 5.71. The summed E-state index contributed by atoms with van der Waals surface area (Å²) < 4.78 is 6.06. The minimum atomic E-state index is -0.862. The van der Waals surface area contributed by atoms with Crippen molar-refractivity contribution in [3.8, 4) is 5.75 Å². The lowest BCUT2D eigenvalue weighted by atomic mass is 9.98. The Kier molecular flexibility index (Phi) is 4.08. The first kappa shape index (κ1) is 14.1. The number of carboxylic acid groups (broad SMARTS) is 1. The maximum atomic E-state index is 10.9. The Bertz CT molecular complexity index is 588. The second-order valence-electron chi connectivity index (χ2n) is 5.16. The zero-order valence-electron chi connectivity index (χ0n) is 11.7. The van der Waals surface area contributed by atoms with Crippen LogP contribution in [0.5, 0.6) is 5.75 Å². The van der Waals surface area contributed by atoms with Crippen molar-refractivity contribution in [2.24, 2.45) is 0 Å². The van der Waals surface area contributed by atoms with Gasteiger partial charge in [0.2, 0.25) is 0 Å². The number of benzene rings is 2. The van der Waals surface area contributed by atoms with Crippen molar-refractivity contribution in [1.82, 2.24) is 0 Å². The number of carboxylic acids is 1. The highest BCUT2D eigenvalue weighted by atomic mass is 16.5. The fourth-order valence-corrected chi connectivity index (χ4v) is 2.09. The Balaban J connectivity index is 2.27. The van der Waals surface area contributed by atoms with Gasteiger partial charge >= 0.3 is 5.97 Å². The van der Waals surface area contributed by atoms with Crippen molar-refractivity contribution in [3.63, 3.8) is 0 Å². The lowest BCUT2D eigenvalue weighted by Gasteiger charge is -2.28. The number of para-hydroxylation sites is 1. The average molecular weight is 270 g/mol. The number of rotatable bonds is 5. The van der Waals surface area contributed by atoms with Gasteiger partial charge in [0, 0.05) is 5.56 Å². The fraction of sp³-hybridized carbons (Fsp3) is 0.235. The third-order valence-electron chi connectivity index (χ3n) is 3.15. The van der Waals surface area contributed by atoms with Gasteiger partial charge in [-0.1, -0.05) is 48.5 Å². The van der Waals surface area contributed by atoms with E-state index < -0.39 is 11.6 Å². The van der Waals surface area contributed by atoms with Crippen LogP contribution >= 0.6 is 0 Å². The first-order valence-electron chi connectivity index (χ1n) is 6.53. The molecule has 3 heteroatoms. The zero-order valence-corrected chi connectivity index (χ0v) is 11.7. The molecule has 0 amide bonds. The molecule has 0 aliphatic heterocycles. The van der Waals surface area contributed by atoms with Crippen molar-refractivity contribution in [3.05, 3.63) is 65.7 Å². The lowest BCUT2D eigenvalue weighted by molar-refractivity contribution is -0.136. The van der Waals surface area contributed by atoms with Crippen LogP contribution in [-0.2, 0) is 16.8 Å². The van der Waals surface area contributed by atoms with E-state index in [0.717, 1.165) is 5.56 Å². The van der Waals surface area contributed by atoms with Gasteiger partial charge in [-0.25, -0.2) is 0 Å². The monoisotopic (exact) mass is 270 g/mol.